The summed E-state index contributed by atoms with van der Waals surface area (Å²) in [5.74, 6) is -1.41. The molecule has 366 valence electrons. The number of amides is 5. The van der Waals surface area contributed by atoms with Crippen molar-refractivity contribution in [1.82, 2.24) is 36.1 Å². The Morgan fingerprint density at radius 3 is 2.13 bits per heavy atom. The summed E-state index contributed by atoms with van der Waals surface area (Å²) in [4.78, 5) is 81.3. The van der Waals surface area contributed by atoms with Gasteiger partial charge in [0, 0.05) is 43.2 Å². The molecule has 10 N–H and O–H groups in total. The Balaban J connectivity index is 1.35. The molecule has 1 saturated carbocycles. The molecule has 4 aromatic rings. The second kappa shape index (κ2) is 23.2. The average molecular weight is 946 g/mol. The number of nitrogens with two attached hydrogens (primary N) is 3. The van der Waals surface area contributed by atoms with Crippen LogP contribution in [0.1, 0.15) is 84.9 Å². The van der Waals surface area contributed by atoms with Gasteiger partial charge in [0.05, 0.1) is 23.0 Å². The Bertz CT molecular complexity index is 2540. The molecular formula is C50H63N11O8. The van der Waals surface area contributed by atoms with E-state index in [1.165, 1.54) is 18.9 Å². The SMILES string of the molecule is CCCC1(Oc2ccc(-c3nc(C)c(C(=O)NC(CCN)C(=O)N(C)C4C(=O)NC(C)C(=O)NC(C(=O)NCC#N)Cc5ccc(OCCN)c(c5)-c5cc4ccc5OCCN)c(C)n3)cc2)CC1. The lowest BCUT2D eigenvalue weighted by Gasteiger charge is -2.32. The van der Waals surface area contributed by atoms with Crippen LogP contribution < -0.4 is 52.7 Å². The highest BCUT2D eigenvalue weighted by atomic mass is 16.5. The second-order valence-electron chi connectivity index (χ2n) is 17.3. The molecule has 19 nitrogen and oxygen atoms in total. The standard InChI is InChI=1S/C50H63N11O8/c1-6-16-50(17-18-50)69-35-11-8-33(9-12-35)44-56-29(2)42(30(3)57-44)47(64)59-38(15-19-51)49(66)61(5)43-34-10-14-41(68-25-22-54)37(28-34)36-26-32(7-13-40(36)67-24-21-53)27-39(46(63)55-23-20-52)60-45(62)31(4)58-48(43)65/h7-14,26,28,31,38-39,43H,6,15-19,21-25,27,51,53-54H2,1-5H3,(H,55,63)(H,58,65)(H,59,64)(H,60,62). The summed E-state index contributed by atoms with van der Waals surface area (Å²) < 4.78 is 18.5. The summed E-state index contributed by atoms with van der Waals surface area (Å²) >= 11 is 0. The number of carbonyl (C=O) groups excluding carboxylic acids is 5. The molecule has 4 unspecified atom stereocenters. The van der Waals surface area contributed by atoms with Crippen molar-refractivity contribution >= 4 is 29.5 Å². The molecule has 1 aliphatic heterocycles. The maximum absolute atomic E-state index is 14.8. The minimum Gasteiger partial charge on any atom is -0.492 e. The average Bonchev–Trinajstić information content (AvgIpc) is 4.09. The molecule has 1 aromatic heterocycles. The molecule has 0 spiro atoms. The van der Waals surface area contributed by atoms with Crippen LogP contribution >= 0.6 is 0 Å². The number of carbonyl (C=O) groups is 5. The number of hydrogen-bond donors (Lipinski definition) is 7. The summed E-state index contributed by atoms with van der Waals surface area (Å²) in [7, 11) is 1.42. The zero-order valence-electron chi connectivity index (χ0n) is 39.9. The molecule has 2 heterocycles. The molecular weight excluding hydrogens is 883 g/mol. The largest absolute Gasteiger partial charge is 0.492 e. The van der Waals surface area contributed by atoms with Crippen LogP contribution in [0.2, 0.25) is 0 Å². The van der Waals surface area contributed by atoms with Crippen LogP contribution in [0.15, 0.2) is 60.7 Å². The van der Waals surface area contributed by atoms with E-state index in [2.05, 4.69) is 38.2 Å². The first-order chi connectivity index (χ1) is 33.2. The maximum Gasteiger partial charge on any atom is 0.255 e. The molecule has 1 fully saturated rings. The van der Waals surface area contributed by atoms with Crippen molar-refractivity contribution < 1.29 is 38.2 Å². The van der Waals surface area contributed by atoms with E-state index in [4.69, 9.17) is 31.4 Å². The fourth-order valence-electron chi connectivity index (χ4n) is 8.45. The van der Waals surface area contributed by atoms with Gasteiger partial charge in [0.2, 0.25) is 23.6 Å². The van der Waals surface area contributed by atoms with Gasteiger partial charge < -0.3 is 57.6 Å². The predicted octanol–water partition coefficient (Wildman–Crippen LogP) is 2.65. The van der Waals surface area contributed by atoms with Gasteiger partial charge in [0.15, 0.2) is 5.82 Å². The minimum absolute atomic E-state index is 0.000688. The van der Waals surface area contributed by atoms with Gasteiger partial charge in [-0.15, -0.1) is 0 Å². The first kappa shape index (κ1) is 51.3. The second-order valence-corrected chi connectivity index (χ2v) is 17.3. The van der Waals surface area contributed by atoms with Crippen LogP contribution in [-0.2, 0) is 25.6 Å². The molecule has 2 aliphatic rings. The van der Waals surface area contributed by atoms with Gasteiger partial charge in [-0.2, -0.15) is 5.26 Å². The summed E-state index contributed by atoms with van der Waals surface area (Å²) in [6.45, 7) is 7.32. The molecule has 69 heavy (non-hydrogen) atoms. The molecule has 5 amide bonds. The quantitative estimate of drug-likeness (QED) is 0.0666. The van der Waals surface area contributed by atoms with Gasteiger partial charge in [0.25, 0.3) is 5.91 Å². The number of aromatic nitrogens is 2. The van der Waals surface area contributed by atoms with Crippen LogP contribution in [0.25, 0.3) is 22.5 Å². The molecule has 1 aliphatic carbocycles. The number of benzene rings is 3. The molecule has 6 rings (SSSR count). The van der Waals surface area contributed by atoms with E-state index in [1.807, 2.05) is 30.3 Å². The van der Waals surface area contributed by atoms with E-state index in [0.29, 0.717) is 51.0 Å². The lowest BCUT2D eigenvalue weighted by molar-refractivity contribution is -0.141. The van der Waals surface area contributed by atoms with Crippen molar-refractivity contribution in [2.24, 2.45) is 17.2 Å². The molecule has 3 aromatic carbocycles. The zero-order valence-corrected chi connectivity index (χ0v) is 39.9. The van der Waals surface area contributed by atoms with Crippen molar-refractivity contribution in [2.75, 3.05) is 46.4 Å². The number of nitriles is 1. The number of aryl methyl sites for hydroxylation is 2. The first-order valence-electron chi connectivity index (χ1n) is 23.3. The monoisotopic (exact) mass is 945 g/mol. The third kappa shape index (κ3) is 12.5. The Labute approximate surface area is 402 Å². The van der Waals surface area contributed by atoms with Crippen molar-refractivity contribution in [3.63, 3.8) is 0 Å². The lowest BCUT2D eigenvalue weighted by Crippen LogP contribution is -2.56. The van der Waals surface area contributed by atoms with Crippen molar-refractivity contribution in [1.29, 1.82) is 5.26 Å². The Hall–Kier alpha value is -7.14. The minimum atomic E-state index is -1.41. The summed E-state index contributed by atoms with van der Waals surface area (Å²) in [6.07, 6.45) is 4.12. The van der Waals surface area contributed by atoms with Gasteiger partial charge >= 0.3 is 0 Å². The summed E-state index contributed by atoms with van der Waals surface area (Å²) in [6, 6.07) is 14.6. The Morgan fingerprint density at radius 1 is 0.899 bits per heavy atom. The third-order valence-corrected chi connectivity index (χ3v) is 12.1. The van der Waals surface area contributed by atoms with E-state index in [1.54, 1.807) is 50.2 Å². The first-order valence-corrected chi connectivity index (χ1v) is 23.3. The predicted molar refractivity (Wildman–Crippen MR) is 258 cm³/mol. The number of rotatable bonds is 19. The molecule has 19 heteroatoms. The normalized spacial score (nSPS) is 17.7. The highest BCUT2D eigenvalue weighted by Crippen LogP contribution is 2.44. The number of fused-ring (bicyclic) bond motifs is 5. The topological polar surface area (TPSA) is 292 Å². The van der Waals surface area contributed by atoms with E-state index in [-0.39, 0.29) is 63.4 Å². The summed E-state index contributed by atoms with van der Waals surface area (Å²) in [5.41, 5.74) is 21.2. The van der Waals surface area contributed by atoms with E-state index < -0.39 is 53.7 Å². The van der Waals surface area contributed by atoms with Crippen LogP contribution in [0.4, 0.5) is 0 Å². The third-order valence-electron chi connectivity index (χ3n) is 12.1. The molecule has 4 atom stereocenters. The Kier molecular flexibility index (Phi) is 17.3. The number of ether oxygens (including phenoxy) is 3. The molecule has 4 bridgehead atoms. The Morgan fingerprint density at radius 2 is 1.54 bits per heavy atom. The fraction of sp³-hybridized carbons (Fsp3) is 0.440. The van der Waals surface area contributed by atoms with Crippen molar-refractivity contribution in [3.8, 4) is 45.8 Å². The van der Waals surface area contributed by atoms with Crippen LogP contribution in [0.5, 0.6) is 17.2 Å². The zero-order chi connectivity index (χ0) is 49.8. The summed E-state index contributed by atoms with van der Waals surface area (Å²) in [5, 5.41) is 20.0. The number of nitrogens with one attached hydrogen (secondary N) is 4. The van der Waals surface area contributed by atoms with Gasteiger partial charge in [0.1, 0.15) is 66.8 Å². The number of nitrogens with zero attached hydrogens (tertiary/aromatic N) is 4. The van der Waals surface area contributed by atoms with Gasteiger partial charge in [-0.25, -0.2) is 9.97 Å². The number of hydrogen-bond acceptors (Lipinski definition) is 14. The van der Waals surface area contributed by atoms with Gasteiger partial charge in [-0.1, -0.05) is 25.5 Å². The molecule has 0 saturated heterocycles. The van der Waals surface area contributed by atoms with Crippen LogP contribution in [-0.4, -0.2) is 115 Å². The fourth-order valence-corrected chi connectivity index (χ4v) is 8.45. The van der Waals surface area contributed by atoms with Gasteiger partial charge in [-0.05, 0) is 113 Å². The van der Waals surface area contributed by atoms with E-state index >= 15 is 0 Å². The van der Waals surface area contributed by atoms with Crippen LogP contribution in [0, 0.1) is 25.2 Å². The smallest absolute Gasteiger partial charge is 0.255 e. The highest BCUT2D eigenvalue weighted by Gasteiger charge is 2.44. The van der Waals surface area contributed by atoms with E-state index in [0.717, 1.165) is 37.0 Å². The molecule has 0 radical (unpaired) electrons. The lowest BCUT2D eigenvalue weighted by atomic mass is 9.93. The van der Waals surface area contributed by atoms with E-state index in [9.17, 15) is 29.2 Å². The van der Waals surface area contributed by atoms with Gasteiger partial charge in [-0.3, -0.25) is 24.0 Å². The number of likely N-dealkylation sites (N-methyl/N-ethyl adjacent to an activating group) is 1. The highest BCUT2D eigenvalue weighted by molar-refractivity contribution is 6.00. The van der Waals surface area contributed by atoms with Crippen LogP contribution in [0.3, 0.4) is 0 Å². The van der Waals surface area contributed by atoms with Crippen molar-refractivity contribution in [2.45, 2.75) is 96.0 Å². The van der Waals surface area contributed by atoms with Crippen molar-refractivity contribution in [3.05, 3.63) is 88.7 Å². The maximum atomic E-state index is 14.8.